The molecule has 244 valence electrons. The topological polar surface area (TPSA) is 96.2 Å². The van der Waals surface area contributed by atoms with Gasteiger partial charge in [0.05, 0.1) is 18.9 Å². The van der Waals surface area contributed by atoms with Crippen LogP contribution in [0.1, 0.15) is 20.8 Å². The summed E-state index contributed by atoms with van der Waals surface area (Å²) in [6.45, 7) is 13.2. The van der Waals surface area contributed by atoms with Crippen LogP contribution in [0.4, 0.5) is 10.1 Å². The molecule has 1 aliphatic heterocycles. The lowest BCUT2D eigenvalue weighted by Crippen LogP contribution is -2.49. The number of phenols is 1. The molecule has 0 saturated carbocycles. The van der Waals surface area contributed by atoms with Crippen LogP contribution in [0.25, 0.3) is 10.8 Å². The van der Waals surface area contributed by atoms with Gasteiger partial charge in [0.1, 0.15) is 18.2 Å². The average molecular weight is 614 g/mol. The maximum Gasteiger partial charge on any atom is 0.318 e. The van der Waals surface area contributed by atoms with E-state index in [1.54, 1.807) is 24.3 Å². The molecule has 3 rings (SSSR count). The van der Waals surface area contributed by atoms with Gasteiger partial charge in [-0.2, -0.15) is 9.98 Å². The minimum atomic E-state index is -0.250. The molecule has 2 N–H and O–H groups in total. The van der Waals surface area contributed by atoms with Crippen molar-refractivity contribution in [1.29, 1.82) is 0 Å². The van der Waals surface area contributed by atoms with Crippen LogP contribution in [0, 0.1) is 0 Å². The molecule has 0 unspecified atom stereocenters. The van der Waals surface area contributed by atoms with Gasteiger partial charge >= 0.3 is 6.02 Å². The van der Waals surface area contributed by atoms with Crippen molar-refractivity contribution in [3.63, 3.8) is 0 Å². The number of likely N-dealkylation sites (N-methyl/N-ethyl adjacent to an activating group) is 1. The number of nitrogens with one attached hydrogen (secondary N) is 1. The fourth-order valence-electron chi connectivity index (χ4n) is 3.93. The van der Waals surface area contributed by atoms with Crippen LogP contribution in [0.5, 0.6) is 5.75 Å². The SMILES string of the molecule is C=C(CNc1cc(O)cc2ccccc12)N=C(/N=C(\C)N1CCN(C(=O)/C=C/C)CC1)OCCN(C)C.CCF.CN(C)C. The van der Waals surface area contributed by atoms with E-state index in [0.717, 1.165) is 28.8 Å². The van der Waals surface area contributed by atoms with Crippen molar-refractivity contribution >= 4 is 34.2 Å². The van der Waals surface area contributed by atoms with Gasteiger partial charge < -0.3 is 34.8 Å². The number of alkyl halides is 1. The van der Waals surface area contributed by atoms with Gasteiger partial charge in [0.15, 0.2) is 0 Å². The number of halogens is 1. The minimum absolute atomic E-state index is 0.0364. The van der Waals surface area contributed by atoms with Crippen molar-refractivity contribution in [2.75, 3.05) is 93.1 Å². The molecule has 0 radical (unpaired) electrons. The van der Waals surface area contributed by atoms with Crippen LogP contribution in [0.2, 0.25) is 0 Å². The number of allylic oxidation sites excluding steroid dienone is 1. The summed E-state index contributed by atoms with van der Waals surface area (Å²) in [5, 5.41) is 15.4. The predicted molar refractivity (Wildman–Crippen MR) is 183 cm³/mol. The van der Waals surface area contributed by atoms with Crippen LogP contribution in [-0.4, -0.2) is 130 Å². The molecular formula is C33H52FN7O3. The Hall–Kier alpha value is -3.96. The van der Waals surface area contributed by atoms with Crippen molar-refractivity contribution in [3.8, 4) is 5.75 Å². The van der Waals surface area contributed by atoms with Gasteiger partial charge in [0.2, 0.25) is 5.91 Å². The molecule has 10 nitrogen and oxygen atoms in total. The average Bonchev–Trinajstić information content (AvgIpc) is 2.96. The molecule has 0 aromatic heterocycles. The number of piperazine rings is 1. The second kappa shape index (κ2) is 20.9. The summed E-state index contributed by atoms with van der Waals surface area (Å²) in [6.07, 6.45) is 3.36. The van der Waals surface area contributed by atoms with Gasteiger partial charge in [0, 0.05) is 49.9 Å². The Balaban J connectivity index is 0.00000125. The number of ether oxygens (including phenoxy) is 1. The van der Waals surface area contributed by atoms with E-state index in [9.17, 15) is 14.3 Å². The standard InChI is InChI=1S/C28H38N6O3.C3H9N.C2H5F/c1-6-9-27(36)34-14-12-33(13-15-34)22(3)31-28(37-17-16-32(4)5)30-21(2)20-29-26-19-24(35)18-23-10-7-8-11-25(23)26;1-4(2)3;1-2-3/h6-11,18-19,29,35H,2,12-17,20H2,1,3-5H3;1-3H3;2H2,1H3/b9-6+,30-28?,31-22+;;. The van der Waals surface area contributed by atoms with Crippen molar-refractivity contribution < 1.29 is 19.0 Å². The summed E-state index contributed by atoms with van der Waals surface area (Å²) in [4.78, 5) is 29.3. The second-order valence-corrected chi connectivity index (χ2v) is 10.8. The van der Waals surface area contributed by atoms with Crippen molar-refractivity contribution in [2.45, 2.75) is 20.8 Å². The van der Waals surface area contributed by atoms with Crippen LogP contribution < -0.4 is 5.32 Å². The lowest BCUT2D eigenvalue weighted by Gasteiger charge is -2.35. The number of fused-ring (bicyclic) bond motifs is 1. The van der Waals surface area contributed by atoms with Gasteiger partial charge in [-0.3, -0.25) is 9.18 Å². The zero-order valence-corrected chi connectivity index (χ0v) is 27.8. The third kappa shape index (κ3) is 15.0. The molecule has 0 spiro atoms. The quantitative estimate of drug-likeness (QED) is 0.253. The first kappa shape index (κ1) is 38.1. The Bertz CT molecular complexity index is 1250. The highest BCUT2D eigenvalue weighted by Gasteiger charge is 2.20. The monoisotopic (exact) mass is 613 g/mol. The number of aromatic hydroxyl groups is 1. The van der Waals surface area contributed by atoms with Crippen molar-refractivity contribution in [1.82, 2.24) is 19.6 Å². The fraction of sp³-hybridized carbons (Fsp3) is 0.485. The highest BCUT2D eigenvalue weighted by molar-refractivity contribution is 5.95. The van der Waals surface area contributed by atoms with Gasteiger partial charge in [-0.15, -0.1) is 0 Å². The zero-order valence-electron chi connectivity index (χ0n) is 27.8. The molecule has 0 atom stereocenters. The van der Waals surface area contributed by atoms with E-state index in [1.165, 1.54) is 6.92 Å². The Morgan fingerprint density at radius 3 is 2.27 bits per heavy atom. The molecule has 1 saturated heterocycles. The first-order valence-corrected chi connectivity index (χ1v) is 14.8. The van der Waals surface area contributed by atoms with E-state index in [4.69, 9.17) is 4.74 Å². The van der Waals surface area contributed by atoms with Gasteiger partial charge in [-0.1, -0.05) is 36.9 Å². The van der Waals surface area contributed by atoms with Crippen molar-refractivity contribution in [2.24, 2.45) is 9.98 Å². The third-order valence-corrected chi connectivity index (χ3v) is 5.97. The zero-order chi connectivity index (χ0) is 33.1. The van der Waals surface area contributed by atoms with E-state index in [1.807, 2.05) is 88.1 Å². The van der Waals surface area contributed by atoms with E-state index < -0.39 is 0 Å². The van der Waals surface area contributed by atoms with Crippen LogP contribution in [-0.2, 0) is 9.53 Å². The molecule has 11 heteroatoms. The first-order chi connectivity index (χ1) is 20.9. The summed E-state index contributed by atoms with van der Waals surface area (Å²) in [7, 11) is 9.96. The lowest BCUT2D eigenvalue weighted by atomic mass is 10.1. The normalized spacial score (nSPS) is 13.9. The Labute approximate surface area is 263 Å². The minimum Gasteiger partial charge on any atom is -0.508 e. The highest BCUT2D eigenvalue weighted by Crippen LogP contribution is 2.28. The summed E-state index contributed by atoms with van der Waals surface area (Å²) < 4.78 is 16.2. The number of amides is 1. The van der Waals surface area contributed by atoms with Gasteiger partial charge in [0.25, 0.3) is 0 Å². The van der Waals surface area contributed by atoms with Gasteiger partial charge in [-0.25, -0.2) is 0 Å². The molecule has 0 bridgehead atoms. The molecule has 44 heavy (non-hydrogen) atoms. The number of phenolic OH excluding ortho intramolecular Hbond substituents is 1. The molecule has 1 heterocycles. The number of aliphatic imine (C=N–C) groups is 2. The Kier molecular flexibility index (Phi) is 18.0. The molecule has 2 aromatic carbocycles. The van der Waals surface area contributed by atoms with E-state index in [0.29, 0.717) is 45.0 Å². The Morgan fingerprint density at radius 2 is 1.68 bits per heavy atom. The van der Waals surface area contributed by atoms with Crippen LogP contribution in [0.3, 0.4) is 0 Å². The summed E-state index contributed by atoms with van der Waals surface area (Å²) in [5.74, 6) is 1.01. The number of hydrogen-bond acceptors (Lipinski definition) is 7. The number of rotatable bonds is 8. The molecule has 1 fully saturated rings. The molecule has 1 amide bonds. The second-order valence-electron chi connectivity index (χ2n) is 10.8. The number of amidine groups is 2. The first-order valence-electron chi connectivity index (χ1n) is 14.8. The Morgan fingerprint density at radius 1 is 1.09 bits per heavy atom. The number of benzene rings is 2. The van der Waals surface area contributed by atoms with Gasteiger partial charge in [-0.05, 0) is 73.5 Å². The largest absolute Gasteiger partial charge is 0.508 e. The number of nitrogens with zero attached hydrogens (tertiary/aromatic N) is 6. The molecule has 1 aliphatic rings. The maximum absolute atomic E-state index is 12.1. The summed E-state index contributed by atoms with van der Waals surface area (Å²) in [5.41, 5.74) is 1.35. The number of carbonyl (C=O) groups excluding carboxylic acids is 1. The number of hydrogen-bond donors (Lipinski definition) is 2. The third-order valence-electron chi connectivity index (χ3n) is 5.97. The number of anilines is 1. The molecule has 0 aliphatic carbocycles. The van der Waals surface area contributed by atoms with Crippen molar-refractivity contribution in [3.05, 3.63) is 60.8 Å². The predicted octanol–water partition coefficient (Wildman–Crippen LogP) is 4.70. The lowest BCUT2D eigenvalue weighted by molar-refractivity contribution is -0.127. The van der Waals surface area contributed by atoms with E-state index in [2.05, 4.69) is 26.8 Å². The van der Waals surface area contributed by atoms with E-state index in [-0.39, 0.29) is 24.4 Å². The smallest absolute Gasteiger partial charge is 0.318 e. The molecular weight excluding hydrogens is 561 g/mol. The summed E-state index contributed by atoms with van der Waals surface area (Å²) >= 11 is 0. The fourth-order valence-corrected chi connectivity index (χ4v) is 3.93. The van der Waals surface area contributed by atoms with Crippen LogP contribution in [0.15, 0.2) is 70.8 Å². The highest BCUT2D eigenvalue weighted by atomic mass is 19.1. The number of carbonyl (C=O) groups is 1. The van der Waals surface area contributed by atoms with Crippen LogP contribution >= 0.6 is 0 Å². The molecule has 2 aromatic rings. The maximum atomic E-state index is 12.1. The van der Waals surface area contributed by atoms with E-state index >= 15 is 0 Å². The summed E-state index contributed by atoms with van der Waals surface area (Å²) in [6, 6.07) is 11.5.